The van der Waals surface area contributed by atoms with Crippen molar-refractivity contribution in [1.82, 2.24) is 10.3 Å². The number of urea groups is 1. The molecule has 0 bridgehead atoms. The highest BCUT2D eigenvalue weighted by Gasteiger charge is 2.05. The molecular formula is C10H13N3O3. The quantitative estimate of drug-likeness (QED) is 0.739. The smallest absolute Gasteiger partial charge is 0.325 e. The number of esters is 1. The van der Waals surface area contributed by atoms with Crippen molar-refractivity contribution in [3.8, 4) is 0 Å². The number of amides is 2. The molecule has 1 rings (SSSR count). The van der Waals surface area contributed by atoms with E-state index in [4.69, 9.17) is 0 Å². The number of rotatable bonds is 4. The third-order valence-electron chi connectivity index (χ3n) is 1.61. The first-order valence-corrected chi connectivity index (χ1v) is 4.84. The van der Waals surface area contributed by atoms with Crippen molar-refractivity contribution in [3.63, 3.8) is 0 Å². The van der Waals surface area contributed by atoms with Crippen LogP contribution >= 0.6 is 0 Å². The van der Waals surface area contributed by atoms with Crippen LogP contribution in [0.1, 0.15) is 6.92 Å². The fourth-order valence-corrected chi connectivity index (χ4v) is 0.962. The van der Waals surface area contributed by atoms with Gasteiger partial charge in [-0.15, -0.1) is 0 Å². The molecule has 0 saturated carbocycles. The summed E-state index contributed by atoms with van der Waals surface area (Å²) in [6.45, 7) is 1.83. The highest BCUT2D eigenvalue weighted by Crippen LogP contribution is 1.98. The number of ether oxygens (including phenoxy) is 1. The summed E-state index contributed by atoms with van der Waals surface area (Å²) in [6.07, 6.45) is 1.56. The van der Waals surface area contributed by atoms with Gasteiger partial charge in [-0.25, -0.2) is 9.78 Å². The van der Waals surface area contributed by atoms with Crippen LogP contribution in [0.5, 0.6) is 0 Å². The van der Waals surface area contributed by atoms with Gasteiger partial charge in [0.15, 0.2) is 0 Å². The largest absolute Gasteiger partial charge is 0.465 e. The average molecular weight is 223 g/mol. The van der Waals surface area contributed by atoms with Crippen LogP contribution in [0.15, 0.2) is 24.4 Å². The third kappa shape index (κ3) is 4.41. The Balaban J connectivity index is 2.29. The van der Waals surface area contributed by atoms with Gasteiger partial charge in [0.2, 0.25) is 0 Å². The van der Waals surface area contributed by atoms with E-state index < -0.39 is 12.0 Å². The number of pyridine rings is 1. The minimum Gasteiger partial charge on any atom is -0.465 e. The number of hydrogen-bond donors (Lipinski definition) is 2. The summed E-state index contributed by atoms with van der Waals surface area (Å²) in [5.74, 6) is -0.0532. The molecule has 0 aromatic carbocycles. The molecular weight excluding hydrogens is 210 g/mol. The van der Waals surface area contributed by atoms with Gasteiger partial charge in [-0.3, -0.25) is 10.1 Å². The van der Waals surface area contributed by atoms with Crippen LogP contribution in [0.2, 0.25) is 0 Å². The van der Waals surface area contributed by atoms with Crippen molar-refractivity contribution >= 4 is 17.8 Å². The van der Waals surface area contributed by atoms with Crippen LogP contribution < -0.4 is 10.6 Å². The molecule has 2 amide bonds. The first kappa shape index (κ1) is 12.0. The number of anilines is 1. The summed E-state index contributed by atoms with van der Waals surface area (Å²) in [6, 6.07) is 4.63. The Kier molecular flexibility index (Phi) is 4.78. The first-order valence-electron chi connectivity index (χ1n) is 4.84. The fraction of sp³-hybridized carbons (Fsp3) is 0.300. The monoisotopic (exact) mass is 223 g/mol. The van der Waals surface area contributed by atoms with Crippen molar-refractivity contribution in [3.05, 3.63) is 24.4 Å². The van der Waals surface area contributed by atoms with E-state index >= 15 is 0 Å². The van der Waals surface area contributed by atoms with Crippen LogP contribution in [0.4, 0.5) is 10.6 Å². The van der Waals surface area contributed by atoms with Crippen LogP contribution in [-0.4, -0.2) is 30.1 Å². The second-order valence-corrected chi connectivity index (χ2v) is 2.83. The molecule has 2 N–H and O–H groups in total. The second kappa shape index (κ2) is 6.39. The molecule has 0 aliphatic carbocycles. The van der Waals surface area contributed by atoms with E-state index in [2.05, 4.69) is 20.4 Å². The Labute approximate surface area is 93.0 Å². The predicted octanol–water partition coefficient (Wildman–Crippen LogP) is 0.766. The highest BCUT2D eigenvalue weighted by molar-refractivity contribution is 5.90. The van der Waals surface area contributed by atoms with E-state index in [-0.39, 0.29) is 6.54 Å². The predicted molar refractivity (Wildman–Crippen MR) is 57.9 cm³/mol. The number of aromatic nitrogens is 1. The molecule has 1 aromatic heterocycles. The Hall–Kier alpha value is -2.11. The Morgan fingerprint density at radius 1 is 1.44 bits per heavy atom. The Bertz CT molecular complexity index is 354. The summed E-state index contributed by atoms with van der Waals surface area (Å²) in [5.41, 5.74) is 0. The van der Waals surface area contributed by atoms with E-state index in [1.807, 2.05) is 0 Å². The van der Waals surface area contributed by atoms with Crippen LogP contribution in [0.3, 0.4) is 0 Å². The molecule has 0 fully saturated rings. The van der Waals surface area contributed by atoms with Crippen molar-refractivity contribution in [1.29, 1.82) is 0 Å². The van der Waals surface area contributed by atoms with E-state index in [0.29, 0.717) is 12.4 Å². The van der Waals surface area contributed by atoms with Crippen LogP contribution in [0.25, 0.3) is 0 Å². The maximum absolute atomic E-state index is 11.3. The van der Waals surface area contributed by atoms with E-state index in [0.717, 1.165) is 0 Å². The molecule has 0 atom stereocenters. The van der Waals surface area contributed by atoms with Gasteiger partial charge in [-0.2, -0.15) is 0 Å². The van der Waals surface area contributed by atoms with Crippen molar-refractivity contribution in [2.24, 2.45) is 0 Å². The first-order chi connectivity index (χ1) is 7.72. The normalized spacial score (nSPS) is 9.31. The van der Waals surface area contributed by atoms with Gasteiger partial charge in [0.05, 0.1) is 6.61 Å². The van der Waals surface area contributed by atoms with E-state index in [1.54, 1.807) is 31.3 Å². The molecule has 6 nitrogen and oxygen atoms in total. The standard InChI is InChI=1S/C10H13N3O3/c1-2-16-9(14)7-12-10(15)13-8-5-3-4-6-11-8/h3-6H,2,7H2,1H3,(H2,11,12,13,15). The molecule has 0 spiro atoms. The summed E-state index contributed by atoms with van der Waals surface area (Å²) in [4.78, 5) is 26.1. The SMILES string of the molecule is CCOC(=O)CNC(=O)Nc1ccccn1. The summed E-state index contributed by atoms with van der Waals surface area (Å²) in [5, 5.41) is 4.82. The molecule has 0 aliphatic rings. The molecule has 0 aliphatic heterocycles. The van der Waals surface area contributed by atoms with Crippen molar-refractivity contribution in [2.75, 3.05) is 18.5 Å². The van der Waals surface area contributed by atoms with Gasteiger partial charge in [-0.05, 0) is 19.1 Å². The number of hydrogen-bond acceptors (Lipinski definition) is 4. The average Bonchev–Trinajstić information content (AvgIpc) is 2.28. The summed E-state index contributed by atoms with van der Waals surface area (Å²) in [7, 11) is 0. The second-order valence-electron chi connectivity index (χ2n) is 2.83. The van der Waals surface area contributed by atoms with Crippen molar-refractivity contribution < 1.29 is 14.3 Å². The topological polar surface area (TPSA) is 80.3 Å². The number of carbonyl (C=O) groups excluding carboxylic acids is 2. The van der Waals surface area contributed by atoms with Gasteiger partial charge in [-0.1, -0.05) is 6.07 Å². The molecule has 0 unspecified atom stereocenters. The van der Waals surface area contributed by atoms with E-state index in [1.165, 1.54) is 0 Å². The summed E-state index contributed by atoms with van der Waals surface area (Å²) >= 11 is 0. The lowest BCUT2D eigenvalue weighted by molar-refractivity contribution is -0.141. The van der Waals surface area contributed by atoms with Gasteiger partial charge < -0.3 is 10.1 Å². The fourth-order valence-electron chi connectivity index (χ4n) is 0.962. The number of nitrogens with one attached hydrogen (secondary N) is 2. The minimum absolute atomic E-state index is 0.160. The third-order valence-corrected chi connectivity index (χ3v) is 1.61. The van der Waals surface area contributed by atoms with Gasteiger partial charge in [0, 0.05) is 6.20 Å². The molecule has 16 heavy (non-hydrogen) atoms. The van der Waals surface area contributed by atoms with Gasteiger partial charge in [0.1, 0.15) is 12.4 Å². The highest BCUT2D eigenvalue weighted by atomic mass is 16.5. The lowest BCUT2D eigenvalue weighted by atomic mass is 10.5. The number of nitrogens with zero attached hydrogens (tertiary/aromatic N) is 1. The van der Waals surface area contributed by atoms with Crippen LogP contribution in [0, 0.1) is 0 Å². The molecule has 0 radical (unpaired) electrons. The zero-order valence-electron chi connectivity index (χ0n) is 8.90. The van der Waals surface area contributed by atoms with Gasteiger partial charge >= 0.3 is 12.0 Å². The Morgan fingerprint density at radius 2 is 2.25 bits per heavy atom. The summed E-state index contributed by atoms with van der Waals surface area (Å²) < 4.78 is 4.65. The zero-order chi connectivity index (χ0) is 11.8. The van der Waals surface area contributed by atoms with Crippen LogP contribution in [-0.2, 0) is 9.53 Å². The number of carbonyl (C=O) groups is 2. The zero-order valence-corrected chi connectivity index (χ0v) is 8.90. The van der Waals surface area contributed by atoms with E-state index in [9.17, 15) is 9.59 Å². The minimum atomic E-state index is -0.494. The molecule has 1 aromatic rings. The lowest BCUT2D eigenvalue weighted by Gasteiger charge is -2.06. The maximum Gasteiger partial charge on any atom is 0.325 e. The van der Waals surface area contributed by atoms with Gasteiger partial charge in [0.25, 0.3) is 0 Å². The maximum atomic E-state index is 11.3. The Morgan fingerprint density at radius 3 is 2.88 bits per heavy atom. The molecule has 1 heterocycles. The van der Waals surface area contributed by atoms with Crippen molar-refractivity contribution in [2.45, 2.75) is 6.92 Å². The molecule has 6 heteroatoms. The lowest BCUT2D eigenvalue weighted by Crippen LogP contribution is -2.34. The molecule has 86 valence electrons. The molecule has 0 saturated heterocycles.